The molecule has 3 atom stereocenters. The van der Waals surface area contributed by atoms with Crippen molar-refractivity contribution in [1.29, 1.82) is 0 Å². The maximum atomic E-state index is 14.3. The zero-order chi connectivity index (χ0) is 28.8. The number of benzene rings is 1. The van der Waals surface area contributed by atoms with Crippen molar-refractivity contribution in [3.8, 4) is 0 Å². The Morgan fingerprint density at radius 3 is 1.97 bits per heavy atom. The molecule has 0 unspecified atom stereocenters. The lowest BCUT2D eigenvalue weighted by atomic mass is 9.80. The number of hydrogen-bond donors (Lipinski definition) is 0. The van der Waals surface area contributed by atoms with E-state index in [4.69, 9.17) is 4.43 Å². The van der Waals surface area contributed by atoms with Gasteiger partial charge in [-0.15, -0.1) is 0 Å². The van der Waals surface area contributed by atoms with Gasteiger partial charge in [0.15, 0.2) is 14.1 Å². The summed E-state index contributed by atoms with van der Waals surface area (Å²) in [5, 5.41) is -0.00622. The lowest BCUT2D eigenvalue weighted by Crippen LogP contribution is -2.52. The van der Waals surface area contributed by atoms with E-state index in [2.05, 4.69) is 60.1 Å². The summed E-state index contributed by atoms with van der Waals surface area (Å²) in [5.74, 6) is -0.286. The van der Waals surface area contributed by atoms with E-state index in [0.29, 0.717) is 6.42 Å². The zero-order valence-corrected chi connectivity index (χ0v) is 28.2. The second-order valence-electron chi connectivity index (χ2n) is 14.7. The fourth-order valence-corrected chi connectivity index (χ4v) is 9.19. The number of carbonyl (C=O) groups excluding carboxylic acids is 1. The van der Waals surface area contributed by atoms with Gasteiger partial charge in [-0.25, -0.2) is 8.42 Å². The average molecular weight is 566 g/mol. The number of nitrogens with zero attached hydrogens (tertiary/aromatic N) is 1. The van der Waals surface area contributed by atoms with Crippen molar-refractivity contribution in [2.75, 3.05) is 6.61 Å². The Morgan fingerprint density at radius 2 is 1.54 bits per heavy atom. The molecule has 210 valence electrons. The fraction of sp³-hybridized carbons (Fsp3) is 0.690. The molecule has 1 saturated heterocycles. The summed E-state index contributed by atoms with van der Waals surface area (Å²) >= 11 is 0. The van der Waals surface area contributed by atoms with Crippen LogP contribution in [-0.4, -0.2) is 53.6 Å². The quantitative estimate of drug-likeness (QED) is 0.233. The highest BCUT2D eigenvalue weighted by atomic mass is 32.2. The van der Waals surface area contributed by atoms with E-state index >= 15 is 0 Å². The molecule has 0 aliphatic carbocycles. The summed E-state index contributed by atoms with van der Waals surface area (Å²) in [6.07, 6.45) is 0.551. The first-order valence-electron chi connectivity index (χ1n) is 13.5. The van der Waals surface area contributed by atoms with Crippen molar-refractivity contribution in [2.24, 2.45) is 11.3 Å². The maximum absolute atomic E-state index is 14.3. The van der Waals surface area contributed by atoms with Crippen LogP contribution in [0.3, 0.4) is 0 Å². The van der Waals surface area contributed by atoms with Crippen molar-refractivity contribution < 1.29 is 17.6 Å². The van der Waals surface area contributed by atoms with Gasteiger partial charge < -0.3 is 4.43 Å². The maximum Gasteiger partial charge on any atom is 0.244 e. The molecule has 0 amide bonds. The minimum atomic E-state index is -3.95. The Bertz CT molecular complexity index is 1090. The first kappa shape index (κ1) is 32.1. The highest BCUT2D eigenvalue weighted by Crippen LogP contribution is 2.44. The van der Waals surface area contributed by atoms with Gasteiger partial charge in [-0.2, -0.15) is 4.31 Å². The largest absolute Gasteiger partial charge is 0.415 e. The SMILES string of the molecule is C=C(C[Si](C)(C)C)[C@@H]1C[C@H](CO[Si](C)(C)C(C)(C)C)N(S(=O)(=O)c2ccc(C)cc2)[C@@H]1C(=O)C(C)(C)C. The van der Waals surface area contributed by atoms with E-state index in [1.54, 1.807) is 12.1 Å². The number of ketones is 1. The molecule has 37 heavy (non-hydrogen) atoms. The molecular formula is C29H51NO4SSi2. The first-order chi connectivity index (χ1) is 16.5. The first-order valence-corrected chi connectivity index (χ1v) is 21.5. The molecule has 2 rings (SSSR count). The molecule has 0 N–H and O–H groups in total. The van der Waals surface area contributed by atoms with Gasteiger partial charge in [0.2, 0.25) is 10.0 Å². The highest BCUT2D eigenvalue weighted by Gasteiger charge is 2.54. The van der Waals surface area contributed by atoms with Crippen LogP contribution in [0.2, 0.25) is 43.8 Å². The van der Waals surface area contributed by atoms with Crippen LogP contribution in [0.4, 0.5) is 0 Å². The Balaban J connectivity index is 2.68. The van der Waals surface area contributed by atoms with E-state index in [1.165, 1.54) is 4.31 Å². The van der Waals surface area contributed by atoms with Gasteiger partial charge in [0, 0.05) is 25.4 Å². The van der Waals surface area contributed by atoms with E-state index in [1.807, 2.05) is 39.8 Å². The number of sulfonamides is 1. The number of carbonyl (C=O) groups is 1. The van der Waals surface area contributed by atoms with Crippen LogP contribution in [0.25, 0.3) is 0 Å². The van der Waals surface area contributed by atoms with E-state index in [9.17, 15) is 13.2 Å². The average Bonchev–Trinajstić information content (AvgIpc) is 3.09. The van der Waals surface area contributed by atoms with Gasteiger partial charge in [-0.05, 0) is 49.7 Å². The van der Waals surface area contributed by atoms with Crippen molar-refractivity contribution in [3.63, 3.8) is 0 Å². The summed E-state index contributed by atoms with van der Waals surface area (Å²) in [4.78, 5) is 14.2. The van der Waals surface area contributed by atoms with Gasteiger partial charge >= 0.3 is 0 Å². The zero-order valence-electron chi connectivity index (χ0n) is 25.4. The van der Waals surface area contributed by atoms with Crippen molar-refractivity contribution >= 4 is 32.2 Å². The van der Waals surface area contributed by atoms with Gasteiger partial charge in [0.1, 0.15) is 0 Å². The third-order valence-electron chi connectivity index (χ3n) is 7.87. The predicted molar refractivity (Wildman–Crippen MR) is 161 cm³/mol. The summed E-state index contributed by atoms with van der Waals surface area (Å²) in [7, 11) is -7.63. The summed E-state index contributed by atoms with van der Waals surface area (Å²) in [6.45, 7) is 30.1. The fourth-order valence-electron chi connectivity index (χ4n) is 4.71. The third kappa shape index (κ3) is 7.53. The van der Waals surface area contributed by atoms with E-state index in [-0.39, 0.29) is 28.2 Å². The Labute approximate surface area is 229 Å². The van der Waals surface area contributed by atoms with Crippen LogP contribution in [0.15, 0.2) is 41.3 Å². The van der Waals surface area contributed by atoms with Gasteiger partial charge in [-0.1, -0.05) is 91.0 Å². The molecule has 1 aromatic carbocycles. The monoisotopic (exact) mass is 565 g/mol. The molecular weight excluding hydrogens is 515 g/mol. The summed E-state index contributed by atoms with van der Waals surface area (Å²) in [6, 6.07) is 6.57. The smallest absolute Gasteiger partial charge is 0.244 e. The Kier molecular flexibility index (Phi) is 9.41. The molecule has 1 aliphatic rings. The molecule has 1 heterocycles. The van der Waals surface area contributed by atoms with Gasteiger partial charge in [-0.3, -0.25) is 4.79 Å². The molecule has 5 nitrogen and oxygen atoms in total. The van der Waals surface area contributed by atoms with Gasteiger partial charge in [0.25, 0.3) is 0 Å². The molecule has 1 fully saturated rings. The highest BCUT2D eigenvalue weighted by molar-refractivity contribution is 7.89. The van der Waals surface area contributed by atoms with Crippen molar-refractivity contribution in [2.45, 2.75) is 116 Å². The molecule has 0 saturated carbocycles. The van der Waals surface area contributed by atoms with Crippen molar-refractivity contribution in [3.05, 3.63) is 42.0 Å². The molecule has 1 aliphatic heterocycles. The molecule has 0 spiro atoms. The number of hydrogen-bond acceptors (Lipinski definition) is 4. The van der Waals surface area contributed by atoms with Crippen LogP contribution in [0.1, 0.15) is 53.5 Å². The minimum absolute atomic E-state index is 0.00622. The number of Topliss-reactive ketones (excluding diaryl/α,β-unsaturated/α-hetero) is 1. The second kappa shape index (κ2) is 10.8. The third-order valence-corrected chi connectivity index (χ3v) is 15.8. The van der Waals surface area contributed by atoms with Gasteiger partial charge in [0.05, 0.1) is 17.5 Å². The topological polar surface area (TPSA) is 63.7 Å². The lowest BCUT2D eigenvalue weighted by molar-refractivity contribution is -0.130. The Morgan fingerprint density at radius 1 is 1.03 bits per heavy atom. The van der Waals surface area contributed by atoms with Crippen LogP contribution >= 0.6 is 0 Å². The van der Waals surface area contributed by atoms with Crippen LogP contribution in [-0.2, 0) is 19.2 Å². The van der Waals surface area contributed by atoms with Crippen LogP contribution in [0.5, 0.6) is 0 Å². The summed E-state index contributed by atoms with van der Waals surface area (Å²) < 4.78 is 36.7. The van der Waals surface area contributed by atoms with Crippen molar-refractivity contribution in [1.82, 2.24) is 4.31 Å². The minimum Gasteiger partial charge on any atom is -0.415 e. The van der Waals surface area contributed by atoms with E-state index < -0.39 is 43.9 Å². The molecule has 0 bridgehead atoms. The normalized spacial score (nSPS) is 22.3. The lowest BCUT2D eigenvalue weighted by Gasteiger charge is -2.38. The molecule has 0 aromatic heterocycles. The predicted octanol–water partition coefficient (Wildman–Crippen LogP) is 7.27. The Hall–Kier alpha value is -1.07. The number of aryl methyl sites for hydroxylation is 1. The molecule has 1 aromatic rings. The molecule has 0 radical (unpaired) electrons. The molecule has 8 heteroatoms. The van der Waals surface area contributed by atoms with Crippen LogP contribution in [0, 0.1) is 18.3 Å². The van der Waals surface area contributed by atoms with E-state index in [0.717, 1.165) is 17.2 Å². The number of rotatable bonds is 9. The van der Waals surface area contributed by atoms with Crippen LogP contribution < -0.4 is 0 Å². The summed E-state index contributed by atoms with van der Waals surface area (Å²) in [5.41, 5.74) is 1.29. The standard InChI is InChI=1S/C29H51NO4SSi2/c1-21-14-16-24(17-15-21)35(32,33)30-23(19-34-37(12,13)29(6,7)8)18-25(22(2)20-36(9,10)11)26(30)27(31)28(3,4)5/h14-17,23,25-26H,2,18-20H2,1,3-13H3/t23-,25+,26+/m1/s1. The second-order valence-corrected chi connectivity index (χ2v) is 26.8.